The standard InChI is InChI=1S/C25H19Cl2N3O2S/c26-16-11-17(27)13-18(12-16)30-24(32)20-7-3-4-8-21(20)29-25(30)33-14-23(31)28-22-10-9-15-5-1-2-6-19(15)22/h1-8,11-13,22H,9-10,14H2,(H,28,31). The van der Waals surface area contributed by atoms with Gasteiger partial charge in [-0.1, -0.05) is 71.4 Å². The summed E-state index contributed by atoms with van der Waals surface area (Å²) in [6.07, 6.45) is 1.84. The Labute approximate surface area is 204 Å². The van der Waals surface area contributed by atoms with E-state index in [0.29, 0.717) is 31.8 Å². The summed E-state index contributed by atoms with van der Waals surface area (Å²) in [6.45, 7) is 0. The van der Waals surface area contributed by atoms with Crippen molar-refractivity contribution in [1.82, 2.24) is 14.9 Å². The summed E-state index contributed by atoms with van der Waals surface area (Å²) >= 11 is 13.6. The van der Waals surface area contributed by atoms with Crippen molar-refractivity contribution in [3.8, 4) is 5.69 Å². The SMILES string of the molecule is O=C(CSc1nc2ccccc2c(=O)n1-c1cc(Cl)cc(Cl)c1)NC1CCc2ccccc21. The lowest BCUT2D eigenvalue weighted by Gasteiger charge is -2.16. The number of halogens is 2. The number of rotatable bonds is 5. The Morgan fingerprint density at radius 1 is 1.06 bits per heavy atom. The number of hydrogen-bond donors (Lipinski definition) is 1. The average Bonchev–Trinajstić information content (AvgIpc) is 3.20. The van der Waals surface area contributed by atoms with Gasteiger partial charge in [-0.15, -0.1) is 0 Å². The number of para-hydroxylation sites is 1. The van der Waals surface area contributed by atoms with Crippen LogP contribution in [0.15, 0.2) is 76.7 Å². The molecule has 1 unspecified atom stereocenters. The second kappa shape index (κ2) is 9.21. The lowest BCUT2D eigenvalue weighted by molar-refractivity contribution is -0.119. The van der Waals surface area contributed by atoms with Crippen LogP contribution in [0.2, 0.25) is 10.0 Å². The zero-order valence-electron chi connectivity index (χ0n) is 17.4. The van der Waals surface area contributed by atoms with E-state index in [4.69, 9.17) is 23.2 Å². The fourth-order valence-corrected chi connectivity index (χ4v) is 5.52. The van der Waals surface area contributed by atoms with Crippen LogP contribution < -0.4 is 10.9 Å². The third-order valence-electron chi connectivity index (χ3n) is 5.65. The molecule has 1 heterocycles. The molecule has 0 spiro atoms. The van der Waals surface area contributed by atoms with Gasteiger partial charge >= 0.3 is 0 Å². The Kier molecular flexibility index (Phi) is 6.15. The van der Waals surface area contributed by atoms with Crippen molar-refractivity contribution >= 4 is 51.8 Å². The van der Waals surface area contributed by atoms with E-state index in [-0.39, 0.29) is 23.3 Å². The fourth-order valence-electron chi connectivity index (χ4n) is 4.18. The van der Waals surface area contributed by atoms with Crippen LogP contribution in [-0.4, -0.2) is 21.2 Å². The molecule has 0 aliphatic heterocycles. The van der Waals surface area contributed by atoms with E-state index in [2.05, 4.69) is 22.4 Å². The zero-order valence-corrected chi connectivity index (χ0v) is 19.8. The normalized spacial score (nSPS) is 14.9. The van der Waals surface area contributed by atoms with E-state index >= 15 is 0 Å². The van der Waals surface area contributed by atoms with E-state index in [1.807, 2.05) is 18.2 Å². The van der Waals surface area contributed by atoms with Gasteiger partial charge in [0.15, 0.2) is 5.16 Å². The molecular formula is C25H19Cl2N3O2S. The van der Waals surface area contributed by atoms with Crippen LogP contribution >= 0.6 is 35.0 Å². The van der Waals surface area contributed by atoms with Crippen molar-refractivity contribution in [2.75, 3.05) is 5.75 Å². The minimum Gasteiger partial charge on any atom is -0.349 e. The van der Waals surface area contributed by atoms with Crippen LogP contribution in [0.25, 0.3) is 16.6 Å². The molecule has 1 aliphatic rings. The van der Waals surface area contributed by atoms with Crippen molar-refractivity contribution < 1.29 is 4.79 Å². The first kappa shape index (κ1) is 22.0. The van der Waals surface area contributed by atoms with E-state index in [0.717, 1.165) is 12.8 Å². The van der Waals surface area contributed by atoms with Crippen LogP contribution in [-0.2, 0) is 11.2 Å². The number of carbonyl (C=O) groups excluding carboxylic acids is 1. The number of fused-ring (bicyclic) bond motifs is 2. The maximum atomic E-state index is 13.4. The zero-order chi connectivity index (χ0) is 22.9. The van der Waals surface area contributed by atoms with Gasteiger partial charge in [0.25, 0.3) is 5.56 Å². The number of benzene rings is 3. The number of carbonyl (C=O) groups is 1. The monoisotopic (exact) mass is 495 g/mol. The van der Waals surface area contributed by atoms with Crippen molar-refractivity contribution in [3.05, 3.63) is 98.3 Å². The highest BCUT2D eigenvalue weighted by atomic mass is 35.5. The van der Waals surface area contributed by atoms with Crippen LogP contribution in [0, 0.1) is 0 Å². The van der Waals surface area contributed by atoms with Gasteiger partial charge in [-0.25, -0.2) is 4.98 Å². The number of hydrogen-bond acceptors (Lipinski definition) is 4. The molecule has 0 saturated heterocycles. The van der Waals surface area contributed by atoms with Gasteiger partial charge < -0.3 is 5.32 Å². The highest BCUT2D eigenvalue weighted by Gasteiger charge is 2.24. The van der Waals surface area contributed by atoms with Gasteiger partial charge in [-0.2, -0.15) is 0 Å². The van der Waals surface area contributed by atoms with Crippen LogP contribution in [0.1, 0.15) is 23.6 Å². The molecule has 1 atom stereocenters. The van der Waals surface area contributed by atoms with Gasteiger partial charge in [0.05, 0.1) is 28.4 Å². The molecular weight excluding hydrogens is 477 g/mol. The van der Waals surface area contributed by atoms with Gasteiger partial charge in [0.2, 0.25) is 5.91 Å². The average molecular weight is 496 g/mol. The summed E-state index contributed by atoms with van der Waals surface area (Å²) in [7, 11) is 0. The summed E-state index contributed by atoms with van der Waals surface area (Å²) < 4.78 is 1.46. The van der Waals surface area contributed by atoms with Crippen molar-refractivity contribution in [2.24, 2.45) is 0 Å². The second-order valence-corrected chi connectivity index (χ2v) is 9.64. The Morgan fingerprint density at radius 3 is 2.61 bits per heavy atom. The third kappa shape index (κ3) is 4.51. The summed E-state index contributed by atoms with van der Waals surface area (Å²) in [5.74, 6) is 0.0115. The lowest BCUT2D eigenvalue weighted by atomic mass is 10.1. The molecule has 1 N–H and O–H groups in total. The molecule has 1 aromatic heterocycles. The molecule has 3 aromatic carbocycles. The predicted octanol–water partition coefficient (Wildman–Crippen LogP) is 5.59. The maximum absolute atomic E-state index is 13.4. The Bertz CT molecular complexity index is 1420. The van der Waals surface area contributed by atoms with Gasteiger partial charge in [0.1, 0.15) is 0 Å². The molecule has 166 valence electrons. The number of thioether (sulfide) groups is 1. The van der Waals surface area contributed by atoms with E-state index < -0.39 is 0 Å². The Morgan fingerprint density at radius 2 is 1.79 bits per heavy atom. The summed E-state index contributed by atoms with van der Waals surface area (Å²) in [4.78, 5) is 30.8. The first-order valence-corrected chi connectivity index (χ1v) is 12.2. The molecule has 0 saturated carbocycles. The molecule has 0 radical (unpaired) electrons. The lowest BCUT2D eigenvalue weighted by Crippen LogP contribution is -2.29. The molecule has 1 aliphatic carbocycles. The number of nitrogens with zero attached hydrogens (tertiary/aromatic N) is 2. The number of aryl methyl sites for hydroxylation is 1. The maximum Gasteiger partial charge on any atom is 0.266 e. The smallest absolute Gasteiger partial charge is 0.266 e. The number of amides is 1. The van der Waals surface area contributed by atoms with Crippen molar-refractivity contribution in [3.63, 3.8) is 0 Å². The molecule has 0 fully saturated rings. The van der Waals surface area contributed by atoms with Gasteiger partial charge in [0, 0.05) is 10.0 Å². The first-order valence-electron chi connectivity index (χ1n) is 10.5. The number of aromatic nitrogens is 2. The van der Waals surface area contributed by atoms with E-state index in [1.165, 1.54) is 27.5 Å². The Balaban J connectivity index is 1.45. The van der Waals surface area contributed by atoms with Gasteiger partial charge in [-0.05, 0) is 54.3 Å². The van der Waals surface area contributed by atoms with Crippen molar-refractivity contribution in [1.29, 1.82) is 0 Å². The van der Waals surface area contributed by atoms with Crippen LogP contribution in [0.5, 0.6) is 0 Å². The summed E-state index contributed by atoms with van der Waals surface area (Å²) in [5, 5.41) is 4.81. The third-order valence-corrected chi connectivity index (χ3v) is 7.03. The highest BCUT2D eigenvalue weighted by molar-refractivity contribution is 7.99. The largest absolute Gasteiger partial charge is 0.349 e. The highest BCUT2D eigenvalue weighted by Crippen LogP contribution is 2.31. The minimum atomic E-state index is -0.244. The Hall–Kier alpha value is -2.80. The molecule has 0 bridgehead atoms. The van der Waals surface area contributed by atoms with Crippen LogP contribution in [0.4, 0.5) is 0 Å². The van der Waals surface area contributed by atoms with Crippen molar-refractivity contribution in [2.45, 2.75) is 24.0 Å². The van der Waals surface area contributed by atoms with Gasteiger partial charge in [-0.3, -0.25) is 14.2 Å². The molecule has 8 heteroatoms. The number of nitrogens with one attached hydrogen (secondary N) is 1. The molecule has 4 aromatic rings. The summed E-state index contributed by atoms with van der Waals surface area (Å²) in [6, 6.07) is 20.2. The topological polar surface area (TPSA) is 64.0 Å². The second-order valence-electron chi connectivity index (χ2n) is 7.83. The van der Waals surface area contributed by atoms with E-state index in [9.17, 15) is 9.59 Å². The molecule has 5 nitrogen and oxygen atoms in total. The predicted molar refractivity (Wildman–Crippen MR) is 134 cm³/mol. The fraction of sp³-hybridized carbons (Fsp3) is 0.160. The molecule has 33 heavy (non-hydrogen) atoms. The molecule has 1 amide bonds. The molecule has 5 rings (SSSR count). The van der Waals surface area contributed by atoms with Crippen LogP contribution in [0.3, 0.4) is 0 Å². The first-order chi connectivity index (χ1) is 16.0. The summed E-state index contributed by atoms with van der Waals surface area (Å²) in [5.41, 5.74) is 3.28. The van der Waals surface area contributed by atoms with E-state index in [1.54, 1.807) is 36.4 Å². The quantitative estimate of drug-likeness (QED) is 0.289. The minimum absolute atomic E-state index is 0.00721.